The van der Waals surface area contributed by atoms with Crippen LogP contribution in [-0.2, 0) is 0 Å². The van der Waals surface area contributed by atoms with Crippen molar-refractivity contribution in [3.8, 4) is 0 Å². The summed E-state index contributed by atoms with van der Waals surface area (Å²) >= 11 is 0. The summed E-state index contributed by atoms with van der Waals surface area (Å²) in [7, 11) is 8.75. The van der Waals surface area contributed by atoms with Gasteiger partial charge in [0.25, 0.3) is 0 Å². The minimum atomic E-state index is 0.00521. The Kier molecular flexibility index (Phi) is 1.55. The first-order valence-electron chi connectivity index (χ1n) is 3.78. The zero-order chi connectivity index (χ0) is 8.21. The minimum absolute atomic E-state index is 0.00521. The minimum Gasteiger partial charge on any atom is -0.140 e. The van der Waals surface area contributed by atoms with E-state index in [4.69, 9.17) is 7.85 Å². The molecule has 56 valence electrons. The Bertz CT molecular complexity index is 157. The Morgan fingerprint density at radius 2 is 1.70 bits per heavy atom. The lowest BCUT2D eigenvalue weighted by Gasteiger charge is -2.31. The maximum Gasteiger partial charge on any atom is 0.0811 e. The smallest absolute Gasteiger partial charge is 0.0811 e. The summed E-state index contributed by atoms with van der Waals surface area (Å²) in [6, 6.07) is 0. The Hall–Kier alpha value is 0.495. The average Bonchev–Trinajstić information content (AvgIpc) is 2.05. The van der Waals surface area contributed by atoms with Gasteiger partial charge >= 0.3 is 0 Å². The van der Waals surface area contributed by atoms with Crippen LogP contribution in [0.5, 0.6) is 0 Å². The van der Waals surface area contributed by atoms with Crippen LogP contribution in [0.25, 0.3) is 0 Å². The number of hydrogen-bond acceptors (Lipinski definition) is 0. The molecule has 0 heterocycles. The molecule has 0 N–H and O–H groups in total. The third kappa shape index (κ3) is 0.943. The van der Waals surface area contributed by atoms with Gasteiger partial charge in [0.15, 0.2) is 0 Å². The van der Waals surface area contributed by atoms with Crippen LogP contribution in [0.2, 0.25) is 0 Å². The fourth-order valence-corrected chi connectivity index (χ4v) is 2.35. The van der Waals surface area contributed by atoms with Gasteiger partial charge in [-0.05, 0) is 22.3 Å². The standard InChI is InChI=1S/C8H16BP/c1-6(2,3)7(4)5-8(7,9)10/h5,10H2,1-4H3. The first-order chi connectivity index (χ1) is 4.21. The summed E-state index contributed by atoms with van der Waals surface area (Å²) in [5, 5.41) is 0.00521. The van der Waals surface area contributed by atoms with E-state index in [1.807, 2.05) is 0 Å². The summed E-state index contributed by atoms with van der Waals surface area (Å²) in [5.74, 6) is 0. The fourth-order valence-electron chi connectivity index (χ4n) is 1.50. The van der Waals surface area contributed by atoms with E-state index in [1.54, 1.807) is 0 Å². The molecular formula is C8H16BP. The van der Waals surface area contributed by atoms with Gasteiger partial charge in [-0.25, -0.2) is 0 Å². The molecule has 0 spiro atoms. The van der Waals surface area contributed by atoms with E-state index in [9.17, 15) is 0 Å². The van der Waals surface area contributed by atoms with Gasteiger partial charge in [-0.2, -0.15) is 0 Å². The Morgan fingerprint density at radius 3 is 1.70 bits per heavy atom. The van der Waals surface area contributed by atoms with Crippen molar-refractivity contribution in [3.05, 3.63) is 0 Å². The molecule has 0 amide bonds. The summed E-state index contributed by atoms with van der Waals surface area (Å²) in [6.07, 6.45) is 1.13. The summed E-state index contributed by atoms with van der Waals surface area (Å²) < 4.78 is 0. The lowest BCUT2D eigenvalue weighted by atomic mass is 9.73. The molecule has 1 aliphatic carbocycles. The van der Waals surface area contributed by atoms with Crippen LogP contribution in [0.1, 0.15) is 34.1 Å². The molecule has 1 rings (SSSR count). The Morgan fingerprint density at radius 1 is 1.40 bits per heavy atom. The second-order valence-electron chi connectivity index (χ2n) is 4.80. The summed E-state index contributed by atoms with van der Waals surface area (Å²) in [5.41, 5.74) is 0.661. The second kappa shape index (κ2) is 1.80. The van der Waals surface area contributed by atoms with Crippen LogP contribution in [0, 0.1) is 10.8 Å². The molecule has 10 heavy (non-hydrogen) atoms. The SMILES string of the molecule is [B]C1(P)CC1(C)C(C)(C)C. The van der Waals surface area contributed by atoms with Crippen molar-refractivity contribution in [2.45, 2.75) is 39.2 Å². The van der Waals surface area contributed by atoms with E-state index in [0.29, 0.717) is 10.8 Å². The molecule has 2 heteroatoms. The van der Waals surface area contributed by atoms with Crippen LogP contribution in [0.15, 0.2) is 0 Å². The molecule has 0 aromatic heterocycles. The largest absolute Gasteiger partial charge is 0.140 e. The van der Waals surface area contributed by atoms with Gasteiger partial charge in [0, 0.05) is 0 Å². The molecule has 0 aromatic rings. The van der Waals surface area contributed by atoms with Crippen molar-refractivity contribution in [2.75, 3.05) is 0 Å². The number of rotatable bonds is 0. The van der Waals surface area contributed by atoms with E-state index in [0.717, 1.165) is 6.42 Å². The topological polar surface area (TPSA) is 0 Å². The van der Waals surface area contributed by atoms with E-state index in [1.165, 1.54) is 0 Å². The van der Waals surface area contributed by atoms with Crippen LogP contribution in [0.3, 0.4) is 0 Å². The lowest BCUT2D eigenvalue weighted by Crippen LogP contribution is -2.26. The molecule has 1 saturated carbocycles. The van der Waals surface area contributed by atoms with Gasteiger partial charge in [-0.1, -0.05) is 27.7 Å². The lowest BCUT2D eigenvalue weighted by molar-refractivity contribution is 0.234. The molecule has 0 aromatic carbocycles. The van der Waals surface area contributed by atoms with E-state index in [2.05, 4.69) is 36.9 Å². The maximum absolute atomic E-state index is 5.99. The maximum atomic E-state index is 5.99. The van der Waals surface area contributed by atoms with Crippen molar-refractivity contribution in [1.29, 1.82) is 0 Å². The van der Waals surface area contributed by atoms with Gasteiger partial charge in [0.2, 0.25) is 0 Å². The molecule has 1 fully saturated rings. The molecule has 0 bridgehead atoms. The average molecular weight is 154 g/mol. The highest BCUT2D eigenvalue weighted by Gasteiger charge is 2.62. The summed E-state index contributed by atoms with van der Waals surface area (Å²) in [6.45, 7) is 9.03. The van der Waals surface area contributed by atoms with Crippen molar-refractivity contribution >= 4 is 17.1 Å². The zero-order valence-electron chi connectivity index (χ0n) is 7.36. The van der Waals surface area contributed by atoms with Crippen LogP contribution in [0.4, 0.5) is 0 Å². The normalized spacial score (nSPS) is 47.3. The molecule has 3 unspecified atom stereocenters. The highest BCUT2D eigenvalue weighted by Crippen LogP contribution is 2.68. The van der Waals surface area contributed by atoms with Crippen molar-refractivity contribution < 1.29 is 0 Å². The van der Waals surface area contributed by atoms with Gasteiger partial charge in [-0.15, -0.1) is 9.24 Å². The Labute approximate surface area is 67.8 Å². The fraction of sp³-hybridized carbons (Fsp3) is 1.00. The van der Waals surface area contributed by atoms with Crippen LogP contribution in [-0.4, -0.2) is 12.9 Å². The molecule has 0 saturated heterocycles. The van der Waals surface area contributed by atoms with Gasteiger partial charge in [-0.3, -0.25) is 0 Å². The second-order valence-corrected chi connectivity index (χ2v) is 5.83. The van der Waals surface area contributed by atoms with Gasteiger partial charge < -0.3 is 0 Å². The highest BCUT2D eigenvalue weighted by atomic mass is 31.0. The van der Waals surface area contributed by atoms with Crippen molar-refractivity contribution in [1.82, 2.24) is 0 Å². The molecular weight excluding hydrogens is 138 g/mol. The quantitative estimate of drug-likeness (QED) is 0.370. The predicted octanol–water partition coefficient (Wildman–Crippen LogP) is 2.18. The zero-order valence-corrected chi connectivity index (χ0v) is 8.52. The monoisotopic (exact) mass is 154 g/mol. The van der Waals surface area contributed by atoms with Crippen LogP contribution >= 0.6 is 9.24 Å². The third-order valence-corrected chi connectivity index (χ3v) is 4.04. The molecule has 3 atom stereocenters. The number of hydrogen-bond donors (Lipinski definition) is 0. The van der Waals surface area contributed by atoms with Crippen molar-refractivity contribution in [3.63, 3.8) is 0 Å². The molecule has 0 nitrogen and oxygen atoms in total. The van der Waals surface area contributed by atoms with E-state index < -0.39 is 0 Å². The highest BCUT2D eigenvalue weighted by molar-refractivity contribution is 7.23. The van der Waals surface area contributed by atoms with E-state index in [-0.39, 0.29) is 5.06 Å². The molecule has 1 aliphatic rings. The van der Waals surface area contributed by atoms with Gasteiger partial charge in [0.05, 0.1) is 7.85 Å². The van der Waals surface area contributed by atoms with Gasteiger partial charge in [0.1, 0.15) is 0 Å². The third-order valence-electron chi connectivity index (χ3n) is 3.20. The molecule has 2 radical (unpaired) electrons. The predicted molar refractivity (Wildman–Crippen MR) is 50.4 cm³/mol. The van der Waals surface area contributed by atoms with Crippen LogP contribution < -0.4 is 0 Å². The first-order valence-corrected chi connectivity index (χ1v) is 4.36. The first kappa shape index (κ1) is 8.59. The van der Waals surface area contributed by atoms with Crippen molar-refractivity contribution in [2.24, 2.45) is 10.8 Å². The molecule has 0 aliphatic heterocycles. The van der Waals surface area contributed by atoms with E-state index >= 15 is 0 Å². The summed E-state index contributed by atoms with van der Waals surface area (Å²) in [4.78, 5) is 0. The Balaban J connectivity index is 2.78.